The summed E-state index contributed by atoms with van der Waals surface area (Å²) in [6, 6.07) is 13.7. The van der Waals surface area contributed by atoms with Gasteiger partial charge in [0.1, 0.15) is 12.3 Å². The summed E-state index contributed by atoms with van der Waals surface area (Å²) in [4.78, 5) is 12.4. The van der Waals surface area contributed by atoms with Gasteiger partial charge < -0.3 is 14.0 Å². The first-order valence-electron chi connectivity index (χ1n) is 9.20. The third kappa shape index (κ3) is 4.31. The molecule has 0 aliphatic carbocycles. The normalized spacial score (nSPS) is 15.4. The minimum atomic E-state index is -3.60. The summed E-state index contributed by atoms with van der Waals surface area (Å²) in [7, 11) is -3.60. The molecule has 0 radical (unpaired) electrons. The lowest BCUT2D eigenvalue weighted by Gasteiger charge is -2.26. The average molecular weight is 416 g/mol. The topological polar surface area (TPSA) is 98.9 Å². The largest absolute Gasteiger partial charge is 0.461 e. The summed E-state index contributed by atoms with van der Waals surface area (Å²) >= 11 is 0. The second-order valence-electron chi connectivity index (χ2n) is 6.63. The molecule has 1 fully saturated rings. The highest BCUT2D eigenvalue weighted by Crippen LogP contribution is 2.20. The molecule has 0 N–H and O–H groups in total. The molecule has 4 rings (SSSR count). The standard InChI is InChI=1S/C20H20N2O6S/c23-20(13-18-17-6-1-2-7-19(17)28-21-18)27-14-15-4-3-5-16(12-15)29(24,25)22-8-10-26-11-9-22/h1-7,12H,8-11,13-14H2. The molecule has 1 aliphatic heterocycles. The van der Waals surface area contributed by atoms with Crippen molar-refractivity contribution >= 4 is 27.0 Å². The van der Waals surface area contributed by atoms with Crippen LogP contribution in [0.1, 0.15) is 11.3 Å². The van der Waals surface area contributed by atoms with Crippen molar-refractivity contribution in [3.8, 4) is 0 Å². The summed E-state index contributed by atoms with van der Waals surface area (Å²) in [6.07, 6.45) is -0.0250. The highest BCUT2D eigenvalue weighted by atomic mass is 32.2. The highest BCUT2D eigenvalue weighted by molar-refractivity contribution is 7.89. The van der Waals surface area contributed by atoms with Crippen molar-refractivity contribution in [3.05, 3.63) is 59.8 Å². The number of esters is 1. The number of benzene rings is 2. The minimum Gasteiger partial charge on any atom is -0.461 e. The van der Waals surface area contributed by atoms with Crippen molar-refractivity contribution in [1.29, 1.82) is 0 Å². The Labute approximate surface area is 168 Å². The predicted octanol–water partition coefficient (Wildman–Crippen LogP) is 2.13. The quantitative estimate of drug-likeness (QED) is 0.568. The first-order valence-corrected chi connectivity index (χ1v) is 10.6. The zero-order chi connectivity index (χ0) is 20.3. The van der Waals surface area contributed by atoms with E-state index in [1.807, 2.05) is 18.2 Å². The summed E-state index contributed by atoms with van der Waals surface area (Å²) in [5.41, 5.74) is 1.71. The van der Waals surface area contributed by atoms with E-state index >= 15 is 0 Å². The van der Waals surface area contributed by atoms with Crippen molar-refractivity contribution in [2.45, 2.75) is 17.9 Å². The van der Waals surface area contributed by atoms with Gasteiger partial charge in [0.25, 0.3) is 0 Å². The van der Waals surface area contributed by atoms with Gasteiger partial charge in [0.15, 0.2) is 5.58 Å². The fraction of sp³-hybridized carbons (Fsp3) is 0.300. The number of ether oxygens (including phenoxy) is 2. The Morgan fingerprint density at radius 3 is 2.72 bits per heavy atom. The maximum absolute atomic E-state index is 12.8. The number of hydrogen-bond donors (Lipinski definition) is 0. The molecular weight excluding hydrogens is 396 g/mol. The van der Waals surface area contributed by atoms with E-state index in [4.69, 9.17) is 14.0 Å². The second kappa shape index (κ2) is 8.32. The first kappa shape index (κ1) is 19.6. The molecule has 152 valence electrons. The molecule has 2 heterocycles. The maximum atomic E-state index is 12.8. The van der Waals surface area contributed by atoms with Gasteiger partial charge in [-0.05, 0) is 29.8 Å². The number of carbonyl (C=O) groups excluding carboxylic acids is 1. The number of fused-ring (bicyclic) bond motifs is 1. The zero-order valence-corrected chi connectivity index (χ0v) is 16.4. The summed E-state index contributed by atoms with van der Waals surface area (Å²) in [5, 5.41) is 4.68. The van der Waals surface area contributed by atoms with Crippen molar-refractivity contribution < 1.29 is 27.2 Å². The van der Waals surface area contributed by atoms with Gasteiger partial charge in [0.05, 0.1) is 24.5 Å². The third-order valence-electron chi connectivity index (χ3n) is 4.67. The average Bonchev–Trinajstić information content (AvgIpc) is 3.16. The van der Waals surface area contributed by atoms with Crippen LogP contribution >= 0.6 is 0 Å². The Balaban J connectivity index is 1.41. The third-order valence-corrected chi connectivity index (χ3v) is 6.56. The Kier molecular flexibility index (Phi) is 5.61. The molecule has 1 aliphatic rings. The number of nitrogens with zero attached hydrogens (tertiary/aromatic N) is 2. The molecule has 0 bridgehead atoms. The number of carbonyl (C=O) groups is 1. The summed E-state index contributed by atoms with van der Waals surface area (Å²) in [6.45, 7) is 1.39. The second-order valence-corrected chi connectivity index (χ2v) is 8.56. The number of para-hydroxylation sites is 1. The number of sulfonamides is 1. The minimum absolute atomic E-state index is 0.0250. The molecule has 0 atom stereocenters. The lowest BCUT2D eigenvalue weighted by atomic mass is 10.2. The summed E-state index contributed by atoms with van der Waals surface area (Å²) in [5.74, 6) is -0.467. The van der Waals surface area contributed by atoms with Gasteiger partial charge in [-0.1, -0.05) is 29.4 Å². The Bertz CT molecular complexity index is 1120. The molecule has 1 aromatic heterocycles. The van der Waals surface area contributed by atoms with E-state index in [1.54, 1.807) is 18.2 Å². The Morgan fingerprint density at radius 2 is 1.90 bits per heavy atom. The van der Waals surface area contributed by atoms with E-state index in [0.29, 0.717) is 43.1 Å². The number of aromatic nitrogens is 1. The van der Waals surface area contributed by atoms with Gasteiger partial charge >= 0.3 is 5.97 Å². The van der Waals surface area contributed by atoms with Crippen LogP contribution in [0, 0.1) is 0 Å². The van der Waals surface area contributed by atoms with Gasteiger partial charge in [-0.15, -0.1) is 0 Å². The van der Waals surface area contributed by atoms with Crippen LogP contribution in [0.15, 0.2) is 57.9 Å². The molecular formula is C20H20N2O6S. The van der Waals surface area contributed by atoms with Crippen LogP contribution in [-0.2, 0) is 37.3 Å². The van der Waals surface area contributed by atoms with Crippen LogP contribution in [0.3, 0.4) is 0 Å². The van der Waals surface area contributed by atoms with Gasteiger partial charge in [-0.3, -0.25) is 4.79 Å². The number of hydrogen-bond acceptors (Lipinski definition) is 7. The molecule has 1 saturated heterocycles. The molecule has 9 heteroatoms. The van der Waals surface area contributed by atoms with E-state index in [-0.39, 0.29) is 17.9 Å². The van der Waals surface area contributed by atoms with Crippen molar-refractivity contribution in [1.82, 2.24) is 9.46 Å². The summed E-state index contributed by atoms with van der Waals surface area (Å²) < 4.78 is 42.6. The Morgan fingerprint density at radius 1 is 1.10 bits per heavy atom. The highest BCUT2D eigenvalue weighted by Gasteiger charge is 2.26. The van der Waals surface area contributed by atoms with E-state index in [9.17, 15) is 13.2 Å². The molecule has 29 heavy (non-hydrogen) atoms. The molecule has 0 spiro atoms. The van der Waals surface area contributed by atoms with Gasteiger partial charge in [-0.25, -0.2) is 8.42 Å². The first-order chi connectivity index (χ1) is 14.0. The van der Waals surface area contributed by atoms with Crippen LogP contribution in [0.25, 0.3) is 11.0 Å². The SMILES string of the molecule is O=C(Cc1noc2ccccc12)OCc1cccc(S(=O)(=O)N2CCOCC2)c1. The zero-order valence-electron chi connectivity index (χ0n) is 15.6. The molecule has 0 saturated carbocycles. The maximum Gasteiger partial charge on any atom is 0.312 e. The van der Waals surface area contributed by atoms with Crippen molar-refractivity contribution in [2.75, 3.05) is 26.3 Å². The lowest BCUT2D eigenvalue weighted by Crippen LogP contribution is -2.40. The Hall–Kier alpha value is -2.75. The molecule has 2 aromatic carbocycles. The number of morpholine rings is 1. The van der Waals surface area contributed by atoms with Crippen LogP contribution in [-0.4, -0.2) is 50.2 Å². The van der Waals surface area contributed by atoms with E-state index in [0.717, 1.165) is 5.39 Å². The van der Waals surface area contributed by atoms with Crippen LogP contribution < -0.4 is 0 Å². The van der Waals surface area contributed by atoms with Gasteiger partial charge in [-0.2, -0.15) is 4.31 Å². The van der Waals surface area contributed by atoms with E-state index in [2.05, 4.69) is 5.16 Å². The monoisotopic (exact) mass is 416 g/mol. The molecule has 0 unspecified atom stereocenters. The fourth-order valence-corrected chi connectivity index (χ4v) is 4.63. The van der Waals surface area contributed by atoms with Crippen LogP contribution in [0.4, 0.5) is 0 Å². The van der Waals surface area contributed by atoms with E-state index < -0.39 is 16.0 Å². The van der Waals surface area contributed by atoms with Crippen LogP contribution in [0.5, 0.6) is 0 Å². The predicted molar refractivity (Wildman–Crippen MR) is 104 cm³/mol. The van der Waals surface area contributed by atoms with E-state index in [1.165, 1.54) is 16.4 Å². The number of rotatable bonds is 6. The van der Waals surface area contributed by atoms with Gasteiger partial charge in [0, 0.05) is 18.5 Å². The van der Waals surface area contributed by atoms with Crippen LogP contribution in [0.2, 0.25) is 0 Å². The lowest BCUT2D eigenvalue weighted by molar-refractivity contribution is -0.144. The molecule has 0 amide bonds. The molecule has 3 aromatic rings. The van der Waals surface area contributed by atoms with Gasteiger partial charge in [0.2, 0.25) is 10.0 Å². The molecule has 8 nitrogen and oxygen atoms in total. The van der Waals surface area contributed by atoms with Crippen molar-refractivity contribution in [2.24, 2.45) is 0 Å². The smallest absolute Gasteiger partial charge is 0.312 e. The fourth-order valence-electron chi connectivity index (χ4n) is 3.15. The van der Waals surface area contributed by atoms with Crippen molar-refractivity contribution in [3.63, 3.8) is 0 Å².